The van der Waals surface area contributed by atoms with Crippen molar-refractivity contribution in [2.24, 2.45) is 5.73 Å². The summed E-state index contributed by atoms with van der Waals surface area (Å²) >= 11 is 0. The fourth-order valence-electron chi connectivity index (χ4n) is 2.01. The molecular formula is C15H22N2O3. The maximum absolute atomic E-state index is 11.6. The number of benzene rings is 1. The van der Waals surface area contributed by atoms with Gasteiger partial charge in [0.2, 0.25) is 5.91 Å². The highest BCUT2D eigenvalue weighted by molar-refractivity contribution is 5.84. The maximum Gasteiger partial charge on any atom is 0.237 e. The number of nitrogens with one attached hydrogen (secondary N) is 1. The molecule has 110 valence electrons. The summed E-state index contributed by atoms with van der Waals surface area (Å²) in [5, 5.41) is 3.30. The molecule has 0 radical (unpaired) electrons. The molecule has 5 nitrogen and oxygen atoms in total. The molecule has 0 aromatic heterocycles. The SMILES string of the molecule is COc1cccc(OCCC(C)(NC2CC2)C(N)=O)c1. The molecule has 1 fully saturated rings. The van der Waals surface area contributed by atoms with Gasteiger partial charge in [-0.1, -0.05) is 6.07 Å². The molecule has 0 heterocycles. The van der Waals surface area contributed by atoms with E-state index in [-0.39, 0.29) is 5.91 Å². The first kappa shape index (κ1) is 14.7. The lowest BCUT2D eigenvalue weighted by atomic mass is 9.97. The number of carbonyl (C=O) groups is 1. The van der Waals surface area contributed by atoms with Gasteiger partial charge < -0.3 is 20.5 Å². The number of methoxy groups -OCH3 is 1. The molecule has 1 amide bonds. The van der Waals surface area contributed by atoms with Crippen LogP contribution in [-0.4, -0.2) is 31.2 Å². The number of primary amides is 1. The van der Waals surface area contributed by atoms with Gasteiger partial charge in [0.1, 0.15) is 11.5 Å². The summed E-state index contributed by atoms with van der Waals surface area (Å²) in [6, 6.07) is 7.82. The fourth-order valence-corrected chi connectivity index (χ4v) is 2.01. The van der Waals surface area contributed by atoms with Crippen LogP contribution in [0.1, 0.15) is 26.2 Å². The fraction of sp³-hybridized carbons (Fsp3) is 0.533. The van der Waals surface area contributed by atoms with Gasteiger partial charge in [-0.05, 0) is 31.9 Å². The van der Waals surface area contributed by atoms with Crippen LogP contribution in [0.25, 0.3) is 0 Å². The average molecular weight is 278 g/mol. The van der Waals surface area contributed by atoms with Crippen LogP contribution in [0, 0.1) is 0 Å². The molecule has 5 heteroatoms. The van der Waals surface area contributed by atoms with Gasteiger partial charge in [-0.15, -0.1) is 0 Å². The first-order chi connectivity index (χ1) is 9.53. The number of nitrogens with two attached hydrogens (primary N) is 1. The molecule has 0 saturated heterocycles. The van der Waals surface area contributed by atoms with E-state index in [1.807, 2.05) is 31.2 Å². The zero-order valence-electron chi connectivity index (χ0n) is 12.0. The van der Waals surface area contributed by atoms with Crippen molar-refractivity contribution in [2.75, 3.05) is 13.7 Å². The molecule has 2 rings (SSSR count). The molecule has 1 aromatic rings. The summed E-state index contributed by atoms with van der Waals surface area (Å²) in [5.74, 6) is 1.14. The van der Waals surface area contributed by atoms with Gasteiger partial charge in [0, 0.05) is 18.5 Å². The number of hydrogen-bond acceptors (Lipinski definition) is 4. The summed E-state index contributed by atoms with van der Waals surface area (Å²) in [7, 11) is 1.61. The third kappa shape index (κ3) is 3.87. The minimum atomic E-state index is -0.708. The molecule has 1 aliphatic rings. The summed E-state index contributed by atoms with van der Waals surface area (Å²) in [5.41, 5.74) is 4.79. The second-order valence-corrected chi connectivity index (χ2v) is 5.39. The van der Waals surface area contributed by atoms with Crippen molar-refractivity contribution < 1.29 is 14.3 Å². The van der Waals surface area contributed by atoms with Crippen molar-refractivity contribution in [1.29, 1.82) is 0 Å². The van der Waals surface area contributed by atoms with Gasteiger partial charge in [-0.3, -0.25) is 4.79 Å². The second-order valence-electron chi connectivity index (χ2n) is 5.39. The van der Waals surface area contributed by atoms with Gasteiger partial charge in [-0.25, -0.2) is 0 Å². The van der Waals surface area contributed by atoms with E-state index in [9.17, 15) is 4.79 Å². The summed E-state index contributed by atoms with van der Waals surface area (Å²) < 4.78 is 10.8. The van der Waals surface area contributed by atoms with Crippen molar-refractivity contribution in [2.45, 2.75) is 37.8 Å². The number of ether oxygens (including phenoxy) is 2. The molecule has 20 heavy (non-hydrogen) atoms. The molecule has 3 N–H and O–H groups in total. The summed E-state index contributed by atoms with van der Waals surface area (Å²) in [4.78, 5) is 11.6. The predicted molar refractivity (Wildman–Crippen MR) is 76.9 cm³/mol. The molecule has 1 unspecified atom stereocenters. The van der Waals surface area contributed by atoms with Crippen molar-refractivity contribution in [3.8, 4) is 11.5 Å². The van der Waals surface area contributed by atoms with Gasteiger partial charge >= 0.3 is 0 Å². The highest BCUT2D eigenvalue weighted by atomic mass is 16.5. The summed E-state index contributed by atoms with van der Waals surface area (Å²) in [6.45, 7) is 2.26. The highest BCUT2D eigenvalue weighted by Gasteiger charge is 2.36. The standard InChI is InChI=1S/C15H22N2O3/c1-15(14(16)18,17-11-6-7-11)8-9-20-13-5-3-4-12(10-13)19-2/h3-5,10-11,17H,6-9H2,1-2H3,(H2,16,18). The zero-order valence-corrected chi connectivity index (χ0v) is 12.0. The first-order valence-corrected chi connectivity index (χ1v) is 6.88. The molecule has 1 aromatic carbocycles. The van der Waals surface area contributed by atoms with Crippen LogP contribution in [0.15, 0.2) is 24.3 Å². The quantitative estimate of drug-likeness (QED) is 0.755. The number of rotatable bonds is 8. The number of carbonyl (C=O) groups excluding carboxylic acids is 1. The lowest BCUT2D eigenvalue weighted by Crippen LogP contribution is -2.54. The van der Waals surface area contributed by atoms with Gasteiger partial charge in [0.25, 0.3) is 0 Å². The van der Waals surface area contributed by atoms with Crippen LogP contribution in [0.5, 0.6) is 11.5 Å². The molecule has 0 aliphatic heterocycles. The third-order valence-corrected chi connectivity index (χ3v) is 3.56. The Morgan fingerprint density at radius 2 is 2.15 bits per heavy atom. The Hall–Kier alpha value is -1.75. The number of amides is 1. The molecule has 1 aliphatic carbocycles. The predicted octanol–water partition coefficient (Wildman–Crippen LogP) is 1.46. The Bertz CT molecular complexity index is 474. The van der Waals surface area contributed by atoms with Crippen molar-refractivity contribution in [3.05, 3.63) is 24.3 Å². The largest absolute Gasteiger partial charge is 0.497 e. The van der Waals surface area contributed by atoms with Gasteiger partial charge in [0.05, 0.1) is 19.3 Å². The van der Waals surface area contributed by atoms with E-state index in [1.54, 1.807) is 7.11 Å². The minimum absolute atomic E-state index is 0.335. The minimum Gasteiger partial charge on any atom is -0.497 e. The van der Waals surface area contributed by atoms with E-state index in [0.29, 0.717) is 19.1 Å². The Labute approximate surface area is 119 Å². The van der Waals surface area contributed by atoms with Crippen molar-refractivity contribution >= 4 is 5.91 Å². The van der Waals surface area contributed by atoms with Crippen LogP contribution < -0.4 is 20.5 Å². The van der Waals surface area contributed by atoms with Gasteiger partial charge in [0.15, 0.2) is 0 Å². The Balaban J connectivity index is 1.87. The van der Waals surface area contributed by atoms with Crippen LogP contribution in [-0.2, 0) is 4.79 Å². The average Bonchev–Trinajstić information content (AvgIpc) is 3.22. The van der Waals surface area contributed by atoms with Crippen LogP contribution >= 0.6 is 0 Å². The lowest BCUT2D eigenvalue weighted by molar-refractivity contribution is -0.124. The molecular weight excluding hydrogens is 256 g/mol. The van der Waals surface area contributed by atoms with Gasteiger partial charge in [-0.2, -0.15) is 0 Å². The van der Waals surface area contributed by atoms with E-state index in [4.69, 9.17) is 15.2 Å². The Kier molecular flexibility index (Phi) is 4.49. The molecule has 0 bridgehead atoms. The topological polar surface area (TPSA) is 73.6 Å². The van der Waals surface area contributed by atoms with E-state index in [2.05, 4.69) is 5.32 Å². The van der Waals surface area contributed by atoms with Crippen molar-refractivity contribution in [3.63, 3.8) is 0 Å². The Morgan fingerprint density at radius 3 is 2.75 bits per heavy atom. The zero-order chi connectivity index (χ0) is 14.6. The lowest BCUT2D eigenvalue weighted by Gasteiger charge is -2.27. The second kappa shape index (κ2) is 6.13. The molecule has 1 atom stereocenters. The summed E-state index contributed by atoms with van der Waals surface area (Å²) in [6.07, 6.45) is 2.76. The monoisotopic (exact) mass is 278 g/mol. The molecule has 0 spiro atoms. The highest BCUT2D eigenvalue weighted by Crippen LogP contribution is 2.24. The normalized spacial score (nSPS) is 17.3. The Morgan fingerprint density at radius 1 is 1.45 bits per heavy atom. The van der Waals surface area contributed by atoms with Crippen molar-refractivity contribution in [1.82, 2.24) is 5.32 Å². The van der Waals surface area contributed by atoms with Crippen LogP contribution in [0.2, 0.25) is 0 Å². The van der Waals surface area contributed by atoms with E-state index >= 15 is 0 Å². The third-order valence-electron chi connectivity index (χ3n) is 3.56. The van der Waals surface area contributed by atoms with E-state index < -0.39 is 5.54 Å². The van der Waals surface area contributed by atoms with Crippen LogP contribution in [0.4, 0.5) is 0 Å². The smallest absolute Gasteiger partial charge is 0.237 e. The van der Waals surface area contributed by atoms with E-state index in [1.165, 1.54) is 0 Å². The first-order valence-electron chi connectivity index (χ1n) is 6.88. The van der Waals surface area contributed by atoms with E-state index in [0.717, 1.165) is 24.3 Å². The maximum atomic E-state index is 11.6. The molecule has 1 saturated carbocycles. The van der Waals surface area contributed by atoms with Crippen LogP contribution in [0.3, 0.4) is 0 Å². The number of hydrogen-bond donors (Lipinski definition) is 2.